The third-order valence-corrected chi connectivity index (χ3v) is 12.0. The molecule has 4 aliphatic carbocycles. The quantitative estimate of drug-likeness (QED) is 0.509. The zero-order valence-electron chi connectivity index (χ0n) is 23.3. The van der Waals surface area contributed by atoms with Crippen LogP contribution in [0.1, 0.15) is 88.7 Å². The zero-order chi connectivity index (χ0) is 26.1. The Hall–Kier alpha value is -1.85. The van der Waals surface area contributed by atoms with Crippen molar-refractivity contribution in [3.63, 3.8) is 0 Å². The fourth-order valence-electron chi connectivity index (χ4n) is 9.87. The summed E-state index contributed by atoms with van der Waals surface area (Å²) in [5, 5.41) is 11.8. The molecule has 8 unspecified atom stereocenters. The Labute approximate surface area is 221 Å². The number of anilines is 1. The van der Waals surface area contributed by atoms with Crippen LogP contribution in [0.15, 0.2) is 27.4 Å². The highest BCUT2D eigenvalue weighted by Gasteiger charge is 2.60. The molecule has 3 N–H and O–H groups in total. The lowest BCUT2D eigenvalue weighted by Gasteiger charge is -2.61. The number of rotatable bonds is 4. The van der Waals surface area contributed by atoms with Gasteiger partial charge in [0.15, 0.2) is 0 Å². The number of nitrogens with zero attached hydrogens (tertiary/aromatic N) is 1. The van der Waals surface area contributed by atoms with Gasteiger partial charge in [0, 0.05) is 36.8 Å². The van der Waals surface area contributed by atoms with Crippen LogP contribution in [0.3, 0.4) is 0 Å². The first-order valence-corrected chi connectivity index (χ1v) is 14.8. The molecule has 4 saturated carbocycles. The summed E-state index contributed by atoms with van der Waals surface area (Å²) in [5.74, 6) is 3.12. The lowest BCUT2D eigenvalue weighted by molar-refractivity contribution is -0.123. The van der Waals surface area contributed by atoms with Crippen molar-refractivity contribution < 1.29 is 9.52 Å². The maximum absolute atomic E-state index is 13.5. The fraction of sp³-hybridized carbons (Fsp3) is 0.719. The van der Waals surface area contributed by atoms with Gasteiger partial charge < -0.3 is 20.2 Å². The maximum atomic E-state index is 13.5. The molecule has 4 fully saturated rings. The SMILES string of the molecule is CN(C)c1ccc2c(CCN)c(C3CCC4(C)C(CCC5C6CCC(O)C6(C)CCC54)C3)c(=O)oc2c1. The van der Waals surface area contributed by atoms with Crippen LogP contribution < -0.4 is 16.3 Å². The van der Waals surface area contributed by atoms with Crippen LogP contribution in [0.2, 0.25) is 0 Å². The Morgan fingerprint density at radius 2 is 1.78 bits per heavy atom. The van der Waals surface area contributed by atoms with E-state index in [4.69, 9.17) is 10.2 Å². The smallest absolute Gasteiger partial charge is 0.340 e. The predicted molar refractivity (Wildman–Crippen MR) is 150 cm³/mol. The van der Waals surface area contributed by atoms with Gasteiger partial charge in [-0.15, -0.1) is 0 Å². The summed E-state index contributed by atoms with van der Waals surface area (Å²) < 4.78 is 5.99. The third-order valence-electron chi connectivity index (χ3n) is 12.0. The Bertz CT molecular complexity index is 1240. The Morgan fingerprint density at radius 3 is 2.54 bits per heavy atom. The minimum atomic E-state index is -0.150. The van der Waals surface area contributed by atoms with Crippen LogP contribution in [-0.4, -0.2) is 31.9 Å². The zero-order valence-corrected chi connectivity index (χ0v) is 23.3. The third kappa shape index (κ3) is 3.82. The van der Waals surface area contributed by atoms with E-state index in [0.717, 1.165) is 53.3 Å². The predicted octanol–water partition coefficient (Wildman–Crippen LogP) is 5.85. The summed E-state index contributed by atoms with van der Waals surface area (Å²) in [6, 6.07) is 6.22. The van der Waals surface area contributed by atoms with Crippen LogP contribution in [0.4, 0.5) is 5.69 Å². The average Bonchev–Trinajstić information content (AvgIpc) is 3.18. The molecule has 1 aromatic carbocycles. The van der Waals surface area contributed by atoms with Gasteiger partial charge in [0.25, 0.3) is 0 Å². The molecule has 2 aromatic rings. The van der Waals surface area contributed by atoms with E-state index in [-0.39, 0.29) is 23.1 Å². The molecule has 0 amide bonds. The molecule has 1 aromatic heterocycles. The van der Waals surface area contributed by atoms with E-state index < -0.39 is 0 Å². The summed E-state index contributed by atoms with van der Waals surface area (Å²) in [6.45, 7) is 5.48. The maximum Gasteiger partial charge on any atom is 0.340 e. The van der Waals surface area contributed by atoms with E-state index in [2.05, 4.69) is 26.0 Å². The lowest BCUT2D eigenvalue weighted by atomic mass is 9.44. The first-order chi connectivity index (χ1) is 17.7. The highest BCUT2D eigenvalue weighted by molar-refractivity contribution is 5.84. The van der Waals surface area contributed by atoms with Crippen LogP contribution in [0.5, 0.6) is 0 Å². The molecule has 37 heavy (non-hydrogen) atoms. The summed E-state index contributed by atoms with van der Waals surface area (Å²) in [7, 11) is 4.01. The van der Waals surface area contributed by atoms with Crippen molar-refractivity contribution in [2.24, 2.45) is 40.2 Å². The molecule has 1 heterocycles. The minimum absolute atomic E-state index is 0.110. The van der Waals surface area contributed by atoms with Crippen molar-refractivity contribution in [3.05, 3.63) is 39.7 Å². The second-order valence-corrected chi connectivity index (χ2v) is 13.7. The Balaban J connectivity index is 1.31. The molecular weight excluding hydrogens is 460 g/mol. The Kier molecular flexibility index (Phi) is 6.27. The summed E-state index contributed by atoms with van der Waals surface area (Å²) in [4.78, 5) is 15.6. The van der Waals surface area contributed by atoms with Crippen LogP contribution in [0.25, 0.3) is 11.0 Å². The number of hydrogen-bond acceptors (Lipinski definition) is 5. The molecule has 0 aliphatic heterocycles. The number of fused-ring (bicyclic) bond motifs is 6. The van der Waals surface area contributed by atoms with Crippen molar-refractivity contribution in [1.82, 2.24) is 0 Å². The van der Waals surface area contributed by atoms with E-state index >= 15 is 0 Å². The molecule has 0 saturated heterocycles. The highest BCUT2D eigenvalue weighted by Crippen LogP contribution is 2.67. The largest absolute Gasteiger partial charge is 0.422 e. The van der Waals surface area contributed by atoms with E-state index in [9.17, 15) is 9.90 Å². The molecule has 0 spiro atoms. The van der Waals surface area contributed by atoms with Crippen LogP contribution in [0, 0.1) is 34.5 Å². The number of aliphatic hydroxyl groups excluding tert-OH is 1. The monoisotopic (exact) mass is 506 g/mol. The molecule has 4 aliphatic rings. The highest BCUT2D eigenvalue weighted by atomic mass is 16.4. The molecule has 5 heteroatoms. The molecule has 202 valence electrons. The molecule has 5 nitrogen and oxygen atoms in total. The normalized spacial score (nSPS) is 39.2. The van der Waals surface area contributed by atoms with Gasteiger partial charge in [-0.3, -0.25) is 0 Å². The number of hydrogen-bond donors (Lipinski definition) is 2. The van der Waals surface area contributed by atoms with Gasteiger partial charge >= 0.3 is 5.63 Å². The van der Waals surface area contributed by atoms with Gasteiger partial charge in [-0.2, -0.15) is 0 Å². The van der Waals surface area contributed by atoms with E-state index in [1.54, 1.807) is 0 Å². The first-order valence-electron chi connectivity index (χ1n) is 14.8. The van der Waals surface area contributed by atoms with Crippen molar-refractivity contribution in [2.45, 2.75) is 90.1 Å². The molecular formula is C32H46N2O3. The summed E-state index contributed by atoms with van der Waals surface area (Å²) in [5.41, 5.74) is 10.2. The van der Waals surface area contributed by atoms with Crippen LogP contribution >= 0.6 is 0 Å². The molecule has 0 radical (unpaired) electrons. The number of nitrogens with two attached hydrogens (primary N) is 1. The molecule has 0 bridgehead atoms. The van der Waals surface area contributed by atoms with Gasteiger partial charge in [0.05, 0.1) is 6.10 Å². The second-order valence-electron chi connectivity index (χ2n) is 13.7. The Morgan fingerprint density at radius 1 is 1.03 bits per heavy atom. The topological polar surface area (TPSA) is 79.7 Å². The van der Waals surface area contributed by atoms with E-state index in [0.29, 0.717) is 35.8 Å². The molecule has 6 rings (SSSR count). The van der Waals surface area contributed by atoms with Gasteiger partial charge in [-0.1, -0.05) is 13.8 Å². The number of aliphatic hydroxyl groups is 1. The molecule has 8 atom stereocenters. The summed E-state index contributed by atoms with van der Waals surface area (Å²) in [6.07, 6.45) is 11.1. The standard InChI is InChI=1S/C32H46N2O3/c1-31-14-11-19(17-20(31)5-7-24-25-9-10-28(35)32(25,2)15-12-26(24)31)29-23(13-16-33)22-8-6-21(34(3)4)18-27(22)37-30(29)36/h6,8,18-20,24-26,28,35H,5,7,9-17,33H2,1-4H3. The van der Waals surface area contributed by atoms with Crippen molar-refractivity contribution >= 4 is 16.7 Å². The van der Waals surface area contributed by atoms with Crippen molar-refractivity contribution in [1.29, 1.82) is 0 Å². The van der Waals surface area contributed by atoms with Gasteiger partial charge in [0.1, 0.15) is 5.58 Å². The number of benzene rings is 1. The van der Waals surface area contributed by atoms with Crippen molar-refractivity contribution in [2.75, 3.05) is 25.5 Å². The van der Waals surface area contributed by atoms with E-state index in [1.807, 2.05) is 25.1 Å². The average molecular weight is 507 g/mol. The van der Waals surface area contributed by atoms with Gasteiger partial charge in [0.2, 0.25) is 0 Å². The van der Waals surface area contributed by atoms with Gasteiger partial charge in [-0.25, -0.2) is 4.79 Å². The second kappa shape index (κ2) is 9.12. The first kappa shape index (κ1) is 25.4. The van der Waals surface area contributed by atoms with Crippen LogP contribution in [-0.2, 0) is 6.42 Å². The minimum Gasteiger partial charge on any atom is -0.422 e. The fourth-order valence-corrected chi connectivity index (χ4v) is 9.87. The van der Waals surface area contributed by atoms with Crippen molar-refractivity contribution in [3.8, 4) is 0 Å². The van der Waals surface area contributed by atoms with Gasteiger partial charge in [-0.05, 0) is 129 Å². The lowest BCUT2D eigenvalue weighted by Crippen LogP contribution is -2.54. The summed E-state index contributed by atoms with van der Waals surface area (Å²) >= 11 is 0. The van der Waals surface area contributed by atoms with E-state index in [1.165, 1.54) is 38.5 Å².